The summed E-state index contributed by atoms with van der Waals surface area (Å²) in [6.45, 7) is 4.39. The van der Waals surface area contributed by atoms with Crippen molar-refractivity contribution >= 4 is 38.6 Å². The highest BCUT2D eigenvalue weighted by molar-refractivity contribution is 9.10. The third-order valence-corrected chi connectivity index (χ3v) is 6.50. The van der Waals surface area contributed by atoms with Crippen molar-refractivity contribution in [2.24, 2.45) is 5.10 Å². The first-order valence-electron chi connectivity index (χ1n) is 9.31. The van der Waals surface area contributed by atoms with E-state index in [1.807, 2.05) is 23.7 Å². The van der Waals surface area contributed by atoms with E-state index >= 15 is 0 Å². The number of hydrazone groups is 1. The van der Waals surface area contributed by atoms with E-state index in [2.05, 4.69) is 68.1 Å². The normalized spacial score (nSPS) is 15.1. The monoisotopic (exact) mass is 442 g/mol. The highest BCUT2D eigenvalue weighted by atomic mass is 79.9. The summed E-state index contributed by atoms with van der Waals surface area (Å²) in [5.41, 5.74) is 8.95. The van der Waals surface area contributed by atoms with Crippen molar-refractivity contribution in [3.63, 3.8) is 0 Å². The van der Waals surface area contributed by atoms with Crippen molar-refractivity contribution < 1.29 is 0 Å². The summed E-state index contributed by atoms with van der Waals surface area (Å²) in [6, 6.07) is 11.1. The lowest BCUT2D eigenvalue weighted by molar-refractivity contribution is 0.500. The number of aromatic nitrogens is 2. The Kier molecular flexibility index (Phi) is 5.45. The zero-order valence-electron chi connectivity index (χ0n) is 15.6. The van der Waals surface area contributed by atoms with E-state index in [1.165, 1.54) is 42.6 Å². The van der Waals surface area contributed by atoms with Crippen molar-refractivity contribution in [3.8, 4) is 11.3 Å². The summed E-state index contributed by atoms with van der Waals surface area (Å²) in [6.07, 6.45) is 7.19. The molecule has 1 saturated carbocycles. The molecule has 6 heteroatoms. The summed E-state index contributed by atoms with van der Waals surface area (Å²) < 4.78 is 3.56. The highest BCUT2D eigenvalue weighted by Gasteiger charge is 2.20. The molecule has 1 aliphatic carbocycles. The summed E-state index contributed by atoms with van der Waals surface area (Å²) >= 11 is 5.03. The van der Waals surface area contributed by atoms with Crippen LogP contribution in [0.25, 0.3) is 11.3 Å². The molecule has 140 valence electrons. The number of thiazole rings is 1. The van der Waals surface area contributed by atoms with Gasteiger partial charge in [-0.2, -0.15) is 5.10 Å². The van der Waals surface area contributed by atoms with Gasteiger partial charge in [0, 0.05) is 38.4 Å². The number of anilines is 1. The minimum Gasteiger partial charge on any atom is -0.345 e. The van der Waals surface area contributed by atoms with Crippen LogP contribution in [0.5, 0.6) is 0 Å². The number of halogens is 1. The zero-order chi connectivity index (χ0) is 18.8. The van der Waals surface area contributed by atoms with Gasteiger partial charge in [0.05, 0.1) is 11.9 Å². The second-order valence-corrected chi connectivity index (χ2v) is 8.82. The van der Waals surface area contributed by atoms with Gasteiger partial charge in [-0.25, -0.2) is 4.98 Å². The molecule has 2 aromatic heterocycles. The Morgan fingerprint density at radius 3 is 2.70 bits per heavy atom. The zero-order valence-corrected chi connectivity index (χ0v) is 18.0. The van der Waals surface area contributed by atoms with Gasteiger partial charge in [0.15, 0.2) is 0 Å². The Morgan fingerprint density at radius 1 is 1.22 bits per heavy atom. The summed E-state index contributed by atoms with van der Waals surface area (Å²) in [7, 11) is 0. The van der Waals surface area contributed by atoms with Gasteiger partial charge < -0.3 is 4.57 Å². The maximum atomic E-state index is 4.62. The summed E-state index contributed by atoms with van der Waals surface area (Å²) in [5, 5.41) is 7.28. The molecule has 1 N–H and O–H groups in total. The highest BCUT2D eigenvalue weighted by Crippen LogP contribution is 2.33. The van der Waals surface area contributed by atoms with E-state index in [4.69, 9.17) is 0 Å². The van der Waals surface area contributed by atoms with Gasteiger partial charge >= 0.3 is 0 Å². The molecule has 0 bridgehead atoms. The van der Waals surface area contributed by atoms with Gasteiger partial charge in [-0.3, -0.25) is 5.43 Å². The lowest BCUT2D eigenvalue weighted by Crippen LogP contribution is -2.08. The molecule has 0 amide bonds. The first-order chi connectivity index (χ1) is 13.1. The number of hydrogen-bond donors (Lipinski definition) is 1. The lowest BCUT2D eigenvalue weighted by Gasteiger charge is -2.17. The standard InChI is InChI=1S/C21H23BrN4S/c1-14-11-17(15(2)26(14)19-5-3-4-6-19)12-23-25-21-24-20(13-27-21)16-7-9-18(22)10-8-16/h7-13,19H,3-6H2,1-2H3,(H,24,25)/b23-12+. The predicted molar refractivity (Wildman–Crippen MR) is 118 cm³/mol. The van der Waals surface area contributed by atoms with Crippen LogP contribution in [0, 0.1) is 13.8 Å². The molecule has 0 unspecified atom stereocenters. The van der Waals surface area contributed by atoms with Crippen molar-refractivity contribution in [1.29, 1.82) is 0 Å². The van der Waals surface area contributed by atoms with Crippen LogP contribution in [0.2, 0.25) is 0 Å². The number of rotatable bonds is 5. The molecule has 0 spiro atoms. The molecule has 0 atom stereocenters. The van der Waals surface area contributed by atoms with Crippen LogP contribution in [0.3, 0.4) is 0 Å². The molecule has 0 radical (unpaired) electrons. The average Bonchev–Trinajstić information content (AvgIpc) is 3.38. The van der Waals surface area contributed by atoms with Gasteiger partial charge in [0.1, 0.15) is 0 Å². The average molecular weight is 443 g/mol. The van der Waals surface area contributed by atoms with Gasteiger partial charge in [-0.1, -0.05) is 40.9 Å². The maximum absolute atomic E-state index is 4.62. The van der Waals surface area contributed by atoms with E-state index < -0.39 is 0 Å². The van der Waals surface area contributed by atoms with E-state index in [-0.39, 0.29) is 0 Å². The van der Waals surface area contributed by atoms with E-state index in [0.717, 1.165) is 20.9 Å². The van der Waals surface area contributed by atoms with Crippen LogP contribution in [-0.2, 0) is 0 Å². The molecule has 0 saturated heterocycles. The number of hydrogen-bond acceptors (Lipinski definition) is 4. The van der Waals surface area contributed by atoms with E-state index in [9.17, 15) is 0 Å². The third-order valence-electron chi connectivity index (χ3n) is 5.22. The number of aryl methyl sites for hydroxylation is 1. The number of nitrogens with zero attached hydrogens (tertiary/aromatic N) is 3. The van der Waals surface area contributed by atoms with Gasteiger partial charge in [-0.05, 0) is 44.9 Å². The van der Waals surface area contributed by atoms with Gasteiger partial charge in [0.2, 0.25) is 5.13 Å². The van der Waals surface area contributed by atoms with Crippen LogP contribution in [-0.4, -0.2) is 15.8 Å². The third kappa shape index (κ3) is 4.01. The Morgan fingerprint density at radius 2 is 1.96 bits per heavy atom. The largest absolute Gasteiger partial charge is 0.345 e. The van der Waals surface area contributed by atoms with Crippen molar-refractivity contribution in [3.05, 3.63) is 57.1 Å². The fourth-order valence-corrected chi connectivity index (χ4v) is 4.83. The first-order valence-corrected chi connectivity index (χ1v) is 11.0. The Balaban J connectivity index is 1.45. The molecule has 4 nitrogen and oxygen atoms in total. The first kappa shape index (κ1) is 18.4. The van der Waals surface area contributed by atoms with E-state index in [0.29, 0.717) is 6.04 Å². The molecule has 4 rings (SSSR count). The lowest BCUT2D eigenvalue weighted by atomic mass is 10.2. The Bertz CT molecular complexity index is 949. The molecular formula is C21H23BrN4S. The van der Waals surface area contributed by atoms with Crippen LogP contribution in [0.15, 0.2) is 45.3 Å². The summed E-state index contributed by atoms with van der Waals surface area (Å²) in [4.78, 5) is 4.62. The molecule has 3 aromatic rings. The van der Waals surface area contributed by atoms with Crippen LogP contribution in [0.1, 0.15) is 48.7 Å². The van der Waals surface area contributed by atoms with Crippen LogP contribution < -0.4 is 5.43 Å². The Labute approximate surface area is 172 Å². The quantitative estimate of drug-likeness (QED) is 0.359. The van der Waals surface area contributed by atoms with Crippen molar-refractivity contribution in [2.45, 2.75) is 45.6 Å². The fourth-order valence-electron chi connectivity index (χ4n) is 3.89. The number of nitrogens with one attached hydrogen (secondary N) is 1. The predicted octanol–water partition coefficient (Wildman–Crippen LogP) is 6.55. The smallest absolute Gasteiger partial charge is 0.203 e. The molecular weight excluding hydrogens is 420 g/mol. The minimum atomic E-state index is 0.660. The molecule has 1 aliphatic rings. The molecule has 2 heterocycles. The van der Waals surface area contributed by atoms with E-state index in [1.54, 1.807) is 11.3 Å². The molecule has 0 aliphatic heterocycles. The second kappa shape index (κ2) is 7.98. The number of benzene rings is 1. The van der Waals surface area contributed by atoms with Gasteiger partial charge in [-0.15, -0.1) is 11.3 Å². The fraction of sp³-hybridized carbons (Fsp3) is 0.333. The Hall–Kier alpha value is -1.92. The topological polar surface area (TPSA) is 42.2 Å². The van der Waals surface area contributed by atoms with Crippen molar-refractivity contribution in [2.75, 3.05) is 5.43 Å². The minimum absolute atomic E-state index is 0.660. The van der Waals surface area contributed by atoms with Crippen molar-refractivity contribution in [1.82, 2.24) is 9.55 Å². The molecule has 1 fully saturated rings. The SMILES string of the molecule is Cc1cc(/C=N/Nc2nc(-c3ccc(Br)cc3)cs2)c(C)n1C1CCCC1. The van der Waals surface area contributed by atoms with Gasteiger partial charge in [0.25, 0.3) is 0 Å². The maximum Gasteiger partial charge on any atom is 0.203 e. The molecule has 1 aromatic carbocycles. The van der Waals surface area contributed by atoms with Crippen LogP contribution >= 0.6 is 27.3 Å². The second-order valence-electron chi connectivity index (χ2n) is 7.05. The molecule has 27 heavy (non-hydrogen) atoms. The summed E-state index contributed by atoms with van der Waals surface area (Å²) in [5.74, 6) is 0. The van der Waals surface area contributed by atoms with Crippen LogP contribution in [0.4, 0.5) is 5.13 Å².